The Morgan fingerprint density at radius 3 is 2.38 bits per heavy atom. The van der Waals surface area contributed by atoms with E-state index in [0.29, 0.717) is 13.2 Å². The van der Waals surface area contributed by atoms with Crippen molar-refractivity contribution >= 4 is 18.6 Å². The van der Waals surface area contributed by atoms with Crippen molar-refractivity contribution in [3.63, 3.8) is 0 Å². The molecule has 0 atom stereocenters. The lowest BCUT2D eigenvalue weighted by molar-refractivity contribution is 0.213. The first kappa shape index (κ1) is 19.0. The average molecular weight is 354 g/mol. The summed E-state index contributed by atoms with van der Waals surface area (Å²) in [5.74, 6) is 0.772. The smallest absolute Gasteiger partial charge is 0.439 e. The van der Waals surface area contributed by atoms with Gasteiger partial charge in [-0.2, -0.15) is 0 Å². The molecule has 0 spiro atoms. The van der Waals surface area contributed by atoms with Crippen molar-refractivity contribution in [1.29, 1.82) is 0 Å². The summed E-state index contributed by atoms with van der Waals surface area (Å²) in [5.41, 5.74) is 1.92. The fourth-order valence-electron chi connectivity index (χ4n) is 2.62. The summed E-state index contributed by atoms with van der Waals surface area (Å²) >= 11 is 0. The number of hydrogen-bond donors (Lipinski definition) is 0. The monoisotopic (exact) mass is 354 g/mol. The van der Waals surface area contributed by atoms with Crippen LogP contribution in [0.3, 0.4) is 0 Å². The molecule has 0 saturated carbocycles. The summed E-state index contributed by atoms with van der Waals surface area (Å²) in [5, 5.41) is 1.01. The van der Waals surface area contributed by atoms with Gasteiger partial charge in [-0.1, -0.05) is 0 Å². The summed E-state index contributed by atoms with van der Waals surface area (Å²) in [4.78, 5) is 2.12. The van der Waals surface area contributed by atoms with Gasteiger partial charge in [-0.15, -0.1) is 0 Å². The number of fused-ring (bicyclic) bond motifs is 1. The van der Waals surface area contributed by atoms with Crippen LogP contribution in [0.4, 0.5) is 0 Å². The normalized spacial score (nSPS) is 12.2. The molecular weight excluding hydrogens is 327 g/mol. The summed E-state index contributed by atoms with van der Waals surface area (Å²) in [6.07, 6.45) is 2.72. The van der Waals surface area contributed by atoms with Crippen molar-refractivity contribution in [3.8, 4) is 5.75 Å². The highest BCUT2D eigenvalue weighted by molar-refractivity contribution is 7.52. The Labute approximate surface area is 143 Å². The van der Waals surface area contributed by atoms with E-state index in [4.69, 9.17) is 13.8 Å². The minimum Gasteiger partial charge on any atom is -0.497 e. The first-order valence-corrected chi connectivity index (χ1v) is 9.67. The second-order valence-corrected chi connectivity index (χ2v) is 7.62. The van der Waals surface area contributed by atoms with Crippen LogP contribution in [0, 0.1) is 0 Å². The Bertz CT molecular complexity index is 717. The van der Waals surface area contributed by atoms with Gasteiger partial charge in [-0.25, -0.2) is 4.57 Å². The minimum atomic E-state index is -3.41. The van der Waals surface area contributed by atoms with Crippen molar-refractivity contribution in [1.82, 2.24) is 9.24 Å². The Balaban J connectivity index is 2.58. The van der Waals surface area contributed by atoms with Gasteiger partial charge in [0.05, 0.1) is 25.8 Å². The van der Waals surface area contributed by atoms with Crippen LogP contribution >= 0.6 is 7.75 Å². The molecule has 6 nitrogen and oxygen atoms in total. The van der Waals surface area contributed by atoms with Crippen molar-refractivity contribution in [3.05, 3.63) is 30.0 Å². The topological polar surface area (TPSA) is 52.9 Å². The summed E-state index contributed by atoms with van der Waals surface area (Å²) in [7, 11) is 2.30. The Kier molecular flexibility index (Phi) is 6.47. The lowest BCUT2D eigenvalue weighted by atomic mass is 10.1. The number of rotatable bonds is 9. The molecule has 2 rings (SSSR count). The van der Waals surface area contributed by atoms with Crippen molar-refractivity contribution in [2.75, 3.05) is 41.0 Å². The van der Waals surface area contributed by atoms with E-state index in [0.717, 1.165) is 35.2 Å². The van der Waals surface area contributed by atoms with Crippen molar-refractivity contribution in [2.24, 2.45) is 0 Å². The van der Waals surface area contributed by atoms with Crippen LogP contribution in [0.25, 0.3) is 10.9 Å². The van der Waals surface area contributed by atoms with Gasteiger partial charge < -0.3 is 9.64 Å². The number of nitrogens with zero attached hydrogens (tertiary/aromatic N) is 2. The second-order valence-electron chi connectivity index (χ2n) is 5.74. The molecule has 0 unspecified atom stereocenters. The number of likely N-dealkylation sites (N-methyl/N-ethyl adjacent to an activating group) is 1. The highest BCUT2D eigenvalue weighted by Gasteiger charge is 2.29. The van der Waals surface area contributed by atoms with E-state index in [-0.39, 0.29) is 0 Å². The third kappa shape index (κ3) is 4.01. The molecule has 1 aromatic heterocycles. The van der Waals surface area contributed by atoms with Crippen LogP contribution in [0.1, 0.15) is 19.4 Å². The molecule has 0 aliphatic rings. The predicted octanol–water partition coefficient (Wildman–Crippen LogP) is 3.78. The molecule has 24 heavy (non-hydrogen) atoms. The maximum Gasteiger partial charge on any atom is 0.439 e. The molecule has 0 fully saturated rings. The molecule has 0 saturated heterocycles. The molecule has 0 amide bonds. The molecule has 1 aromatic carbocycles. The highest BCUT2D eigenvalue weighted by atomic mass is 31.2. The maximum absolute atomic E-state index is 13.2. The fraction of sp³-hybridized carbons (Fsp3) is 0.529. The highest BCUT2D eigenvalue weighted by Crippen LogP contribution is 2.52. The molecule has 0 N–H and O–H groups in total. The molecule has 7 heteroatoms. The number of methoxy groups -OCH3 is 1. The van der Waals surface area contributed by atoms with Gasteiger partial charge in [0.15, 0.2) is 0 Å². The Morgan fingerprint density at radius 1 is 1.17 bits per heavy atom. The molecule has 0 radical (unpaired) electrons. The number of ether oxygens (including phenoxy) is 1. The quantitative estimate of drug-likeness (QED) is 0.642. The van der Waals surface area contributed by atoms with Crippen LogP contribution in [0.15, 0.2) is 24.4 Å². The third-order valence-electron chi connectivity index (χ3n) is 3.75. The summed E-state index contributed by atoms with van der Waals surface area (Å²) < 4.78 is 31.2. The molecule has 0 bridgehead atoms. The van der Waals surface area contributed by atoms with Gasteiger partial charge in [-0.3, -0.25) is 13.4 Å². The average Bonchev–Trinajstić information content (AvgIpc) is 2.92. The molecule has 1 heterocycles. The van der Waals surface area contributed by atoms with E-state index < -0.39 is 7.75 Å². The van der Waals surface area contributed by atoms with E-state index in [1.54, 1.807) is 11.4 Å². The fourth-order valence-corrected chi connectivity index (χ4v) is 4.31. The molecule has 134 valence electrons. The Hall–Kier alpha value is -1.33. The SMILES string of the molecule is CCOP(=O)(OCC)n1cc(CCN(C)C)c2cc(OC)ccc21. The van der Waals surface area contributed by atoms with E-state index in [9.17, 15) is 4.57 Å². The van der Waals surface area contributed by atoms with Gasteiger partial charge in [0.1, 0.15) is 5.75 Å². The van der Waals surface area contributed by atoms with Crippen LogP contribution in [0.5, 0.6) is 5.75 Å². The zero-order valence-electron chi connectivity index (χ0n) is 15.1. The maximum atomic E-state index is 13.2. The number of aromatic nitrogens is 1. The van der Waals surface area contributed by atoms with Crippen LogP contribution in [0.2, 0.25) is 0 Å². The first-order chi connectivity index (χ1) is 11.4. The Morgan fingerprint density at radius 2 is 1.83 bits per heavy atom. The van der Waals surface area contributed by atoms with Gasteiger partial charge in [-0.05, 0) is 58.1 Å². The number of benzene rings is 1. The minimum absolute atomic E-state index is 0.320. The van der Waals surface area contributed by atoms with E-state index in [2.05, 4.69) is 4.90 Å². The van der Waals surface area contributed by atoms with Gasteiger partial charge in [0.2, 0.25) is 0 Å². The molecule has 0 aliphatic carbocycles. The van der Waals surface area contributed by atoms with Crippen molar-refractivity contribution < 1.29 is 18.3 Å². The number of hydrogen-bond acceptors (Lipinski definition) is 5. The summed E-state index contributed by atoms with van der Waals surface area (Å²) in [6.45, 7) is 5.16. The van der Waals surface area contributed by atoms with Gasteiger partial charge in [0.25, 0.3) is 0 Å². The predicted molar refractivity (Wildman–Crippen MR) is 97.0 cm³/mol. The van der Waals surface area contributed by atoms with Gasteiger partial charge in [0, 0.05) is 18.1 Å². The lowest BCUT2D eigenvalue weighted by Crippen LogP contribution is -2.14. The zero-order chi connectivity index (χ0) is 17.7. The van der Waals surface area contributed by atoms with E-state index in [1.165, 1.54) is 0 Å². The largest absolute Gasteiger partial charge is 0.497 e. The van der Waals surface area contributed by atoms with Gasteiger partial charge >= 0.3 is 7.75 Å². The van der Waals surface area contributed by atoms with Crippen molar-refractivity contribution in [2.45, 2.75) is 20.3 Å². The second kappa shape index (κ2) is 8.17. The van der Waals surface area contributed by atoms with Crippen LogP contribution in [-0.4, -0.2) is 50.2 Å². The van der Waals surface area contributed by atoms with E-state index >= 15 is 0 Å². The molecular formula is C17H27N2O4P. The van der Waals surface area contributed by atoms with Crippen LogP contribution in [-0.2, 0) is 20.0 Å². The van der Waals surface area contributed by atoms with E-state index in [1.807, 2.05) is 52.3 Å². The lowest BCUT2D eigenvalue weighted by Gasteiger charge is -2.18. The first-order valence-electron chi connectivity index (χ1n) is 8.17. The summed E-state index contributed by atoms with van der Waals surface area (Å²) in [6, 6.07) is 5.73. The zero-order valence-corrected chi connectivity index (χ0v) is 16.0. The molecule has 0 aliphatic heterocycles. The standard InChI is InChI=1S/C17H27N2O4P/c1-6-22-24(20,23-7-2)19-13-14(10-11-18(3)4)16-12-15(21-5)8-9-17(16)19/h8-9,12-13H,6-7,10-11H2,1-5H3. The molecule has 2 aromatic rings. The third-order valence-corrected chi connectivity index (χ3v) is 5.78. The van der Waals surface area contributed by atoms with Crippen LogP contribution < -0.4 is 4.74 Å².